The minimum atomic E-state index is 0. The van der Waals surface area contributed by atoms with Gasteiger partial charge in [0.2, 0.25) is 0 Å². The van der Waals surface area contributed by atoms with Crippen molar-refractivity contribution < 1.29 is 51.0 Å². The van der Waals surface area contributed by atoms with E-state index in [1.165, 1.54) is 47.1 Å². The normalized spacial score (nSPS) is 9.96. The Balaban J connectivity index is 0.000000435. The fourth-order valence-corrected chi connectivity index (χ4v) is 2.96. The zero-order chi connectivity index (χ0) is 15.2. The molecule has 0 nitrogen and oxygen atoms in total. The van der Waals surface area contributed by atoms with Crippen LogP contribution in [0.3, 0.4) is 0 Å². The fraction of sp³-hybridized carbons (Fsp3) is 0.227. The molecule has 0 aliphatic heterocycles. The summed E-state index contributed by atoms with van der Waals surface area (Å²) in [6.45, 7) is 2.23. The monoisotopic (exact) mass is 446 g/mol. The molecule has 3 heteroatoms. The van der Waals surface area contributed by atoms with Crippen LogP contribution in [0, 0.1) is 6.07 Å². The van der Waals surface area contributed by atoms with Gasteiger partial charge in [0.25, 0.3) is 0 Å². The van der Waals surface area contributed by atoms with Gasteiger partial charge in [-0.1, -0.05) is 61.6 Å². The molecule has 3 aromatic rings. The van der Waals surface area contributed by atoms with Crippen LogP contribution in [0.2, 0.25) is 0 Å². The summed E-state index contributed by atoms with van der Waals surface area (Å²) < 4.78 is 0. The number of benzene rings is 2. The molecular formula is C22H22Cl2Zr. The molecule has 0 saturated carbocycles. The van der Waals surface area contributed by atoms with Crippen LogP contribution in [0.4, 0.5) is 0 Å². The van der Waals surface area contributed by atoms with Crippen LogP contribution in [-0.2, 0) is 39.0 Å². The summed E-state index contributed by atoms with van der Waals surface area (Å²) in [4.78, 5) is 0. The fourth-order valence-electron chi connectivity index (χ4n) is 2.96. The molecule has 4 rings (SSSR count). The van der Waals surface area contributed by atoms with Crippen LogP contribution in [0.5, 0.6) is 0 Å². The van der Waals surface area contributed by atoms with E-state index in [-0.39, 0.29) is 51.0 Å². The van der Waals surface area contributed by atoms with E-state index in [4.69, 9.17) is 0 Å². The molecule has 0 bridgehead atoms. The van der Waals surface area contributed by atoms with Crippen molar-refractivity contribution in [2.24, 2.45) is 0 Å². The second kappa shape index (κ2) is 12.6. The van der Waals surface area contributed by atoms with Crippen molar-refractivity contribution in [3.05, 3.63) is 89.5 Å². The number of hydrogen-bond donors (Lipinski definition) is 0. The molecule has 0 unspecified atom stereocenters. The predicted octanol–water partition coefficient (Wildman–Crippen LogP) is -0.188. The number of aryl methyl sites for hydroxylation is 1. The maximum atomic E-state index is 3.30. The van der Waals surface area contributed by atoms with Gasteiger partial charge >= 0.3 is 26.2 Å². The predicted molar refractivity (Wildman–Crippen MR) is 94.2 cm³/mol. The number of unbranched alkanes of at least 4 members (excludes halogenated alkanes) is 1. The summed E-state index contributed by atoms with van der Waals surface area (Å²) in [5.41, 5.74) is 6.99. The molecule has 1 aliphatic rings. The SMILES string of the molecule is CCCC[c-]1cccc1.[Cl-].[Cl-].[Zr+4].[c-]1cccc2c1Cc1ccccc1-2. The van der Waals surface area contributed by atoms with Gasteiger partial charge in [-0.05, 0) is 6.42 Å². The van der Waals surface area contributed by atoms with Gasteiger partial charge in [0.1, 0.15) is 0 Å². The number of hydrogen-bond acceptors (Lipinski definition) is 0. The van der Waals surface area contributed by atoms with E-state index in [2.05, 4.69) is 73.7 Å². The second-order valence-electron chi connectivity index (χ2n) is 5.79. The molecule has 0 heterocycles. The van der Waals surface area contributed by atoms with E-state index < -0.39 is 0 Å². The minimum absolute atomic E-state index is 0. The maximum absolute atomic E-state index is 3.30. The molecule has 0 N–H and O–H groups in total. The van der Waals surface area contributed by atoms with Crippen molar-refractivity contribution in [1.29, 1.82) is 0 Å². The zero-order valence-electron chi connectivity index (χ0n) is 14.4. The first-order valence-electron chi connectivity index (χ1n) is 8.17. The smallest absolute Gasteiger partial charge is 1.00 e. The van der Waals surface area contributed by atoms with Gasteiger partial charge in [-0.25, -0.2) is 12.1 Å². The molecule has 0 fully saturated rings. The summed E-state index contributed by atoms with van der Waals surface area (Å²) in [6.07, 6.45) is 4.92. The van der Waals surface area contributed by atoms with E-state index in [1.54, 1.807) is 0 Å². The Kier molecular flexibility index (Phi) is 12.2. The number of halogens is 2. The molecule has 25 heavy (non-hydrogen) atoms. The van der Waals surface area contributed by atoms with Crippen molar-refractivity contribution in [2.75, 3.05) is 0 Å². The Morgan fingerprint density at radius 3 is 2.32 bits per heavy atom. The van der Waals surface area contributed by atoms with Gasteiger partial charge in [0, 0.05) is 0 Å². The maximum Gasteiger partial charge on any atom is 4.00 e. The molecular weight excluding hydrogens is 426 g/mol. The Bertz CT molecular complexity index is 677. The molecule has 1 aliphatic carbocycles. The molecule has 128 valence electrons. The third kappa shape index (κ3) is 6.48. The van der Waals surface area contributed by atoms with Crippen molar-refractivity contribution >= 4 is 0 Å². The van der Waals surface area contributed by atoms with Crippen LogP contribution in [0.1, 0.15) is 36.5 Å². The van der Waals surface area contributed by atoms with Crippen LogP contribution in [0.15, 0.2) is 66.7 Å². The standard InChI is InChI=1S/C13H9.C9H13.2ClH.Zr/c1-3-7-12-10(5-1)9-11-6-2-4-8-13(11)12;1-2-3-6-9-7-4-5-8-9;;;/h1-5,7-8H,9H2;4-5,7-8H,2-3,6H2,1H3;2*1H;/q2*-1;;;+4/p-2. The molecule has 3 aromatic carbocycles. The number of fused-ring (bicyclic) bond motifs is 3. The van der Waals surface area contributed by atoms with Gasteiger partial charge in [-0.2, -0.15) is 47.5 Å². The topological polar surface area (TPSA) is 0 Å². The molecule has 0 atom stereocenters. The molecule has 0 radical (unpaired) electrons. The van der Waals surface area contributed by atoms with Gasteiger partial charge in [0.05, 0.1) is 0 Å². The van der Waals surface area contributed by atoms with Gasteiger partial charge < -0.3 is 24.8 Å². The van der Waals surface area contributed by atoms with Gasteiger partial charge in [-0.3, -0.25) is 0 Å². The molecule has 0 spiro atoms. The van der Waals surface area contributed by atoms with Crippen molar-refractivity contribution in [2.45, 2.75) is 32.6 Å². The molecule has 0 aromatic heterocycles. The van der Waals surface area contributed by atoms with E-state index >= 15 is 0 Å². The average molecular weight is 449 g/mol. The first-order chi connectivity index (χ1) is 10.9. The summed E-state index contributed by atoms with van der Waals surface area (Å²) >= 11 is 0. The first kappa shape index (κ1) is 24.3. The van der Waals surface area contributed by atoms with Gasteiger partial charge in [0.15, 0.2) is 0 Å². The summed E-state index contributed by atoms with van der Waals surface area (Å²) in [5.74, 6) is 0. The van der Waals surface area contributed by atoms with E-state index in [1.807, 2.05) is 6.07 Å². The molecule has 0 saturated heterocycles. The van der Waals surface area contributed by atoms with E-state index in [0.717, 1.165) is 6.42 Å². The van der Waals surface area contributed by atoms with Crippen molar-refractivity contribution in [3.8, 4) is 11.1 Å². The van der Waals surface area contributed by atoms with Gasteiger partial charge in [-0.15, -0.1) is 5.56 Å². The van der Waals surface area contributed by atoms with Crippen molar-refractivity contribution in [3.63, 3.8) is 0 Å². The molecule has 0 amide bonds. The second-order valence-corrected chi connectivity index (χ2v) is 5.79. The van der Waals surface area contributed by atoms with Crippen molar-refractivity contribution in [1.82, 2.24) is 0 Å². The van der Waals surface area contributed by atoms with Crippen LogP contribution in [0.25, 0.3) is 11.1 Å². The first-order valence-corrected chi connectivity index (χ1v) is 8.17. The Morgan fingerprint density at radius 1 is 0.920 bits per heavy atom. The zero-order valence-corrected chi connectivity index (χ0v) is 18.4. The average Bonchev–Trinajstić information content (AvgIpc) is 3.21. The quantitative estimate of drug-likeness (QED) is 0.382. The van der Waals surface area contributed by atoms with Crippen LogP contribution in [-0.4, -0.2) is 0 Å². The van der Waals surface area contributed by atoms with Crippen LogP contribution >= 0.6 is 0 Å². The Morgan fingerprint density at radius 2 is 1.60 bits per heavy atom. The van der Waals surface area contributed by atoms with E-state index in [9.17, 15) is 0 Å². The Labute approximate surface area is 183 Å². The number of rotatable bonds is 3. The van der Waals surface area contributed by atoms with E-state index in [0.29, 0.717) is 0 Å². The summed E-state index contributed by atoms with van der Waals surface area (Å²) in [5, 5.41) is 0. The third-order valence-electron chi connectivity index (χ3n) is 4.17. The van der Waals surface area contributed by atoms with Crippen LogP contribution < -0.4 is 24.8 Å². The third-order valence-corrected chi connectivity index (χ3v) is 4.17. The largest absolute Gasteiger partial charge is 4.00 e. The Hall–Kier alpha value is -0.747. The summed E-state index contributed by atoms with van der Waals surface area (Å²) in [6, 6.07) is 26.7. The summed E-state index contributed by atoms with van der Waals surface area (Å²) in [7, 11) is 0. The minimum Gasteiger partial charge on any atom is -1.00 e.